The van der Waals surface area contributed by atoms with Crippen molar-refractivity contribution in [3.63, 3.8) is 0 Å². The summed E-state index contributed by atoms with van der Waals surface area (Å²) in [7, 11) is 0. The topological polar surface area (TPSA) is 49.8 Å². The Morgan fingerprint density at radius 1 is 1.56 bits per heavy atom. The fraction of sp³-hybridized carbons (Fsp3) is 0.462. The average molecular weight is 270 g/mol. The minimum Gasteiger partial charge on any atom is -0.389 e. The lowest BCUT2D eigenvalue weighted by Gasteiger charge is -2.21. The predicted octanol–water partition coefficient (Wildman–Crippen LogP) is 1.48. The summed E-state index contributed by atoms with van der Waals surface area (Å²) in [5, 5.41) is 10.2. The van der Waals surface area contributed by atoms with Crippen LogP contribution in [0.5, 0.6) is 0 Å². The highest BCUT2D eigenvalue weighted by Crippen LogP contribution is 2.18. The number of aliphatic hydroxyl groups is 1. The Balaban J connectivity index is 2.16. The van der Waals surface area contributed by atoms with Crippen molar-refractivity contribution in [3.05, 3.63) is 34.3 Å². The Kier molecular flexibility index (Phi) is 4.22. The molecule has 1 N–H and O–H groups in total. The molecule has 0 radical (unpaired) electrons. The minimum atomic E-state index is -0.627. The van der Waals surface area contributed by atoms with Crippen LogP contribution in [0.25, 0.3) is 0 Å². The second-order valence-electron chi connectivity index (χ2n) is 4.44. The van der Waals surface area contributed by atoms with Crippen molar-refractivity contribution in [2.24, 2.45) is 0 Å². The van der Waals surface area contributed by atoms with E-state index in [2.05, 4.69) is 0 Å². The van der Waals surface area contributed by atoms with E-state index in [9.17, 15) is 9.90 Å². The number of carbonyl (C=O) groups is 1. The molecule has 1 amide bonds. The van der Waals surface area contributed by atoms with Crippen molar-refractivity contribution >= 4 is 17.5 Å². The summed E-state index contributed by atoms with van der Waals surface area (Å²) >= 11 is 6.01. The summed E-state index contributed by atoms with van der Waals surface area (Å²) in [5.41, 5.74) is 1.48. The van der Waals surface area contributed by atoms with Gasteiger partial charge in [-0.3, -0.25) is 4.79 Å². The van der Waals surface area contributed by atoms with Crippen LogP contribution in [0.4, 0.5) is 0 Å². The number of hydrogen-bond donors (Lipinski definition) is 1. The highest BCUT2D eigenvalue weighted by molar-refractivity contribution is 6.31. The van der Waals surface area contributed by atoms with Gasteiger partial charge in [-0.15, -0.1) is 0 Å². The number of carbonyl (C=O) groups excluding carboxylic acids is 1. The van der Waals surface area contributed by atoms with E-state index in [-0.39, 0.29) is 12.5 Å². The standard InChI is InChI=1S/C13H16ClNO3/c1-9-2-3-10(6-12(9)14)13(17)15-4-5-18-8-11(16)7-15/h2-3,6,11,16H,4-5,7-8H2,1H3/t11-/m1/s1. The number of hydrogen-bond acceptors (Lipinski definition) is 3. The normalized spacial score (nSPS) is 20.6. The predicted molar refractivity (Wildman–Crippen MR) is 68.9 cm³/mol. The molecule has 98 valence electrons. The zero-order chi connectivity index (χ0) is 13.1. The van der Waals surface area contributed by atoms with Gasteiger partial charge in [0, 0.05) is 23.7 Å². The highest BCUT2D eigenvalue weighted by atomic mass is 35.5. The number of aryl methyl sites for hydroxylation is 1. The van der Waals surface area contributed by atoms with Gasteiger partial charge in [0.05, 0.1) is 19.3 Å². The summed E-state index contributed by atoms with van der Waals surface area (Å²) in [6.45, 7) is 3.40. The third kappa shape index (κ3) is 3.02. The summed E-state index contributed by atoms with van der Waals surface area (Å²) in [6.07, 6.45) is -0.627. The van der Waals surface area contributed by atoms with Gasteiger partial charge in [-0.05, 0) is 24.6 Å². The quantitative estimate of drug-likeness (QED) is 0.840. The maximum atomic E-state index is 12.3. The second-order valence-corrected chi connectivity index (χ2v) is 4.85. The number of rotatable bonds is 1. The van der Waals surface area contributed by atoms with Gasteiger partial charge >= 0.3 is 0 Å². The van der Waals surface area contributed by atoms with Crippen molar-refractivity contribution in [1.82, 2.24) is 4.90 Å². The number of aliphatic hydroxyl groups excluding tert-OH is 1. The van der Waals surface area contributed by atoms with Gasteiger partial charge in [-0.2, -0.15) is 0 Å². The highest BCUT2D eigenvalue weighted by Gasteiger charge is 2.22. The Morgan fingerprint density at radius 3 is 3.06 bits per heavy atom. The van der Waals surface area contributed by atoms with Gasteiger partial charge in [-0.25, -0.2) is 0 Å². The number of amides is 1. The SMILES string of the molecule is Cc1ccc(C(=O)N2CCOC[C@H](O)C2)cc1Cl. The molecule has 18 heavy (non-hydrogen) atoms. The molecule has 1 saturated heterocycles. The molecule has 0 unspecified atom stereocenters. The number of nitrogens with zero attached hydrogens (tertiary/aromatic N) is 1. The number of benzene rings is 1. The fourth-order valence-electron chi connectivity index (χ4n) is 1.89. The molecule has 1 aromatic rings. The molecule has 0 saturated carbocycles. The van der Waals surface area contributed by atoms with E-state index in [1.807, 2.05) is 13.0 Å². The van der Waals surface area contributed by atoms with Crippen molar-refractivity contribution < 1.29 is 14.6 Å². The lowest BCUT2D eigenvalue weighted by Crippen LogP contribution is -2.37. The van der Waals surface area contributed by atoms with Crippen LogP contribution >= 0.6 is 11.6 Å². The molecule has 1 atom stereocenters. The Morgan fingerprint density at radius 2 is 2.33 bits per heavy atom. The first-order chi connectivity index (χ1) is 8.58. The molecular weight excluding hydrogens is 254 g/mol. The van der Waals surface area contributed by atoms with E-state index < -0.39 is 6.10 Å². The maximum Gasteiger partial charge on any atom is 0.254 e. The number of β-amino-alcohol motifs (C(OH)–C–C–N with tert-alkyl or cyclic N) is 1. The van der Waals surface area contributed by atoms with Gasteiger partial charge in [0.15, 0.2) is 0 Å². The molecule has 2 rings (SSSR count). The Bertz CT molecular complexity index is 450. The lowest BCUT2D eigenvalue weighted by molar-refractivity contribution is 0.0534. The van der Waals surface area contributed by atoms with Crippen LogP contribution in [0, 0.1) is 6.92 Å². The van der Waals surface area contributed by atoms with E-state index in [4.69, 9.17) is 16.3 Å². The van der Waals surface area contributed by atoms with E-state index in [0.29, 0.717) is 30.3 Å². The van der Waals surface area contributed by atoms with E-state index >= 15 is 0 Å². The van der Waals surface area contributed by atoms with Gasteiger partial charge < -0.3 is 14.7 Å². The molecule has 0 aromatic heterocycles. The van der Waals surface area contributed by atoms with Gasteiger partial charge in [0.2, 0.25) is 0 Å². The maximum absolute atomic E-state index is 12.3. The molecular formula is C13H16ClNO3. The smallest absolute Gasteiger partial charge is 0.254 e. The summed E-state index contributed by atoms with van der Waals surface area (Å²) in [6, 6.07) is 5.24. The van der Waals surface area contributed by atoms with Crippen molar-refractivity contribution in [2.75, 3.05) is 26.3 Å². The molecule has 1 aromatic carbocycles. The first-order valence-electron chi connectivity index (χ1n) is 5.89. The zero-order valence-electron chi connectivity index (χ0n) is 10.2. The number of ether oxygens (including phenoxy) is 1. The van der Waals surface area contributed by atoms with Crippen molar-refractivity contribution in [1.29, 1.82) is 0 Å². The van der Waals surface area contributed by atoms with E-state index in [1.165, 1.54) is 0 Å². The summed E-state index contributed by atoms with van der Waals surface area (Å²) in [5.74, 6) is -0.124. The van der Waals surface area contributed by atoms with Gasteiger partial charge in [-0.1, -0.05) is 17.7 Å². The third-order valence-electron chi connectivity index (χ3n) is 2.95. The van der Waals surface area contributed by atoms with Crippen LogP contribution < -0.4 is 0 Å². The van der Waals surface area contributed by atoms with Crippen LogP contribution in [-0.2, 0) is 4.74 Å². The number of halogens is 1. The average Bonchev–Trinajstić information content (AvgIpc) is 2.56. The summed E-state index contributed by atoms with van der Waals surface area (Å²) < 4.78 is 5.20. The summed E-state index contributed by atoms with van der Waals surface area (Å²) in [4.78, 5) is 13.9. The van der Waals surface area contributed by atoms with Gasteiger partial charge in [0.1, 0.15) is 0 Å². The molecule has 1 heterocycles. The molecule has 5 heteroatoms. The monoisotopic (exact) mass is 269 g/mol. The third-order valence-corrected chi connectivity index (χ3v) is 3.36. The van der Waals surface area contributed by atoms with E-state index in [1.54, 1.807) is 17.0 Å². The lowest BCUT2D eigenvalue weighted by atomic mass is 10.1. The molecule has 4 nitrogen and oxygen atoms in total. The largest absolute Gasteiger partial charge is 0.389 e. The van der Waals surface area contributed by atoms with Crippen LogP contribution in [-0.4, -0.2) is 48.3 Å². The molecule has 1 aliphatic heterocycles. The van der Waals surface area contributed by atoms with E-state index in [0.717, 1.165) is 5.56 Å². The van der Waals surface area contributed by atoms with Crippen LogP contribution in [0.1, 0.15) is 15.9 Å². The molecule has 0 spiro atoms. The van der Waals surface area contributed by atoms with Crippen LogP contribution in [0.15, 0.2) is 18.2 Å². The first kappa shape index (κ1) is 13.3. The molecule has 0 bridgehead atoms. The minimum absolute atomic E-state index is 0.124. The van der Waals surface area contributed by atoms with Crippen LogP contribution in [0.3, 0.4) is 0 Å². The fourth-order valence-corrected chi connectivity index (χ4v) is 2.07. The van der Waals surface area contributed by atoms with Crippen molar-refractivity contribution in [2.45, 2.75) is 13.0 Å². The molecule has 1 aliphatic rings. The van der Waals surface area contributed by atoms with Gasteiger partial charge in [0.25, 0.3) is 5.91 Å². The zero-order valence-corrected chi connectivity index (χ0v) is 11.0. The second kappa shape index (κ2) is 5.69. The molecule has 0 aliphatic carbocycles. The molecule has 1 fully saturated rings. The Labute approximate surface area is 111 Å². The van der Waals surface area contributed by atoms with Crippen molar-refractivity contribution in [3.8, 4) is 0 Å². The van der Waals surface area contributed by atoms with Crippen LogP contribution in [0.2, 0.25) is 5.02 Å². The first-order valence-corrected chi connectivity index (χ1v) is 6.27. The Hall–Kier alpha value is -1.10.